The Morgan fingerprint density at radius 2 is 2.19 bits per heavy atom. The van der Waals surface area contributed by atoms with Gasteiger partial charge in [0.05, 0.1) is 0 Å². The van der Waals surface area contributed by atoms with Gasteiger partial charge in [0, 0.05) is 29.4 Å². The number of H-pyrrole nitrogens is 1. The van der Waals surface area contributed by atoms with Gasteiger partial charge in [-0.1, -0.05) is 13.0 Å². The van der Waals surface area contributed by atoms with Crippen LogP contribution in [-0.2, 0) is 16.0 Å². The van der Waals surface area contributed by atoms with E-state index in [0.717, 1.165) is 25.7 Å². The number of fused-ring (bicyclic) bond motifs is 5. The summed E-state index contributed by atoms with van der Waals surface area (Å²) in [5.74, 6) is 0.374. The number of aromatic nitrogens is 1. The molecule has 1 aromatic heterocycles. The van der Waals surface area contributed by atoms with Gasteiger partial charge >= 0.3 is 5.97 Å². The maximum Gasteiger partial charge on any atom is 0.302 e. The van der Waals surface area contributed by atoms with E-state index in [-0.39, 0.29) is 17.5 Å². The summed E-state index contributed by atoms with van der Waals surface area (Å²) in [4.78, 5) is 14.7. The molecule has 0 spiro atoms. The smallest absolute Gasteiger partial charge is 0.302 e. The molecule has 0 saturated heterocycles. The van der Waals surface area contributed by atoms with E-state index >= 15 is 0 Å². The first-order valence-electron chi connectivity index (χ1n) is 7.85. The van der Waals surface area contributed by atoms with E-state index in [1.807, 2.05) is 6.20 Å². The molecule has 0 amide bonds. The van der Waals surface area contributed by atoms with Gasteiger partial charge in [0.2, 0.25) is 0 Å². The van der Waals surface area contributed by atoms with E-state index in [9.17, 15) is 4.79 Å². The first-order chi connectivity index (χ1) is 10.1. The molecular formula is C18H21NO2. The number of hydrogen-bond donors (Lipinski definition) is 1. The Morgan fingerprint density at radius 1 is 1.33 bits per heavy atom. The van der Waals surface area contributed by atoms with Crippen molar-refractivity contribution in [3.05, 3.63) is 35.5 Å². The van der Waals surface area contributed by atoms with Gasteiger partial charge in [0.1, 0.15) is 6.10 Å². The highest BCUT2D eigenvalue weighted by Gasteiger charge is 2.51. The lowest BCUT2D eigenvalue weighted by Gasteiger charge is -2.41. The van der Waals surface area contributed by atoms with Crippen molar-refractivity contribution in [3.8, 4) is 0 Å². The molecule has 3 atom stereocenters. The molecule has 0 bridgehead atoms. The highest BCUT2D eigenvalue weighted by atomic mass is 16.5. The molecule has 0 aliphatic heterocycles. The molecule has 1 heterocycles. The van der Waals surface area contributed by atoms with Crippen molar-refractivity contribution < 1.29 is 9.53 Å². The molecule has 3 heteroatoms. The maximum absolute atomic E-state index is 11.4. The lowest BCUT2D eigenvalue weighted by molar-refractivity contribution is -0.152. The first kappa shape index (κ1) is 12.9. The van der Waals surface area contributed by atoms with Crippen molar-refractivity contribution in [2.45, 2.75) is 51.6 Å². The van der Waals surface area contributed by atoms with Crippen LogP contribution in [0.4, 0.5) is 0 Å². The van der Waals surface area contributed by atoms with Gasteiger partial charge in [-0.15, -0.1) is 0 Å². The van der Waals surface area contributed by atoms with Crippen LogP contribution >= 0.6 is 0 Å². The van der Waals surface area contributed by atoms with Crippen LogP contribution in [0.2, 0.25) is 0 Å². The third-order valence-electron chi connectivity index (χ3n) is 5.73. The minimum atomic E-state index is -0.145. The fourth-order valence-electron chi connectivity index (χ4n) is 4.65. The molecule has 21 heavy (non-hydrogen) atoms. The third kappa shape index (κ3) is 1.76. The Bertz CT molecular complexity index is 717. The minimum Gasteiger partial charge on any atom is -0.462 e. The standard InChI is InChI=1S/C18H21NO2/c1-11(20)21-17-6-4-15-13-3-5-16-14(8-10-19-16)12(13)7-9-18(15,17)2/h3,5,8,10,15,17,19H,4,6-7,9H2,1-2H3/t15-,17-,18-/m0/s1. The van der Waals surface area contributed by atoms with E-state index < -0.39 is 0 Å². The molecule has 1 saturated carbocycles. The van der Waals surface area contributed by atoms with E-state index in [0.29, 0.717) is 5.92 Å². The van der Waals surface area contributed by atoms with Crippen molar-refractivity contribution >= 4 is 16.9 Å². The van der Waals surface area contributed by atoms with E-state index in [4.69, 9.17) is 4.74 Å². The zero-order chi connectivity index (χ0) is 14.6. The lowest BCUT2D eigenvalue weighted by atomic mass is 9.65. The summed E-state index contributed by atoms with van der Waals surface area (Å²) >= 11 is 0. The second-order valence-corrected chi connectivity index (χ2v) is 6.81. The number of ether oxygens (including phenoxy) is 1. The molecule has 1 fully saturated rings. The Balaban J connectivity index is 1.79. The van der Waals surface area contributed by atoms with Crippen LogP contribution in [-0.4, -0.2) is 17.1 Å². The van der Waals surface area contributed by atoms with Crippen LogP contribution in [0.5, 0.6) is 0 Å². The molecule has 1 aromatic carbocycles. The van der Waals surface area contributed by atoms with Gasteiger partial charge in [0.15, 0.2) is 0 Å². The Morgan fingerprint density at radius 3 is 3.00 bits per heavy atom. The molecule has 0 unspecified atom stereocenters. The molecule has 3 nitrogen and oxygen atoms in total. The van der Waals surface area contributed by atoms with E-state index in [1.54, 1.807) is 0 Å². The average molecular weight is 283 g/mol. The fourth-order valence-corrected chi connectivity index (χ4v) is 4.65. The van der Waals surface area contributed by atoms with Gasteiger partial charge in [-0.25, -0.2) is 0 Å². The lowest BCUT2D eigenvalue weighted by Crippen LogP contribution is -2.37. The second kappa shape index (κ2) is 4.36. The highest BCUT2D eigenvalue weighted by molar-refractivity contribution is 5.84. The quantitative estimate of drug-likeness (QED) is 0.806. The molecule has 2 aliphatic rings. The first-order valence-corrected chi connectivity index (χ1v) is 7.85. The molecule has 4 rings (SSSR count). The van der Waals surface area contributed by atoms with Crippen LogP contribution < -0.4 is 0 Å². The Hall–Kier alpha value is -1.77. The summed E-state index contributed by atoms with van der Waals surface area (Å²) in [6.07, 6.45) is 6.40. The number of aryl methyl sites for hydroxylation is 1. The zero-order valence-corrected chi connectivity index (χ0v) is 12.6. The van der Waals surface area contributed by atoms with Crippen molar-refractivity contribution in [2.75, 3.05) is 0 Å². The zero-order valence-electron chi connectivity index (χ0n) is 12.6. The number of nitrogens with one attached hydrogen (secondary N) is 1. The monoisotopic (exact) mass is 283 g/mol. The fraction of sp³-hybridized carbons (Fsp3) is 0.500. The summed E-state index contributed by atoms with van der Waals surface area (Å²) in [5, 5.41) is 1.37. The predicted molar refractivity (Wildman–Crippen MR) is 82.3 cm³/mol. The Kier molecular flexibility index (Phi) is 2.69. The number of esters is 1. The van der Waals surface area contributed by atoms with Crippen LogP contribution in [0.15, 0.2) is 24.4 Å². The number of aromatic amines is 1. The van der Waals surface area contributed by atoms with Gasteiger partial charge in [0.25, 0.3) is 0 Å². The van der Waals surface area contributed by atoms with Crippen molar-refractivity contribution in [1.82, 2.24) is 4.98 Å². The van der Waals surface area contributed by atoms with Crippen LogP contribution in [0.1, 0.15) is 50.2 Å². The Labute approximate surface area is 124 Å². The third-order valence-corrected chi connectivity index (χ3v) is 5.73. The molecular weight excluding hydrogens is 262 g/mol. The second-order valence-electron chi connectivity index (χ2n) is 6.81. The van der Waals surface area contributed by atoms with Crippen LogP contribution in [0, 0.1) is 5.41 Å². The topological polar surface area (TPSA) is 42.1 Å². The number of carbonyl (C=O) groups excluding carboxylic acids is 1. The average Bonchev–Trinajstić information content (AvgIpc) is 3.03. The van der Waals surface area contributed by atoms with Crippen molar-refractivity contribution in [3.63, 3.8) is 0 Å². The van der Waals surface area contributed by atoms with E-state index in [1.165, 1.54) is 29.0 Å². The largest absolute Gasteiger partial charge is 0.462 e. The van der Waals surface area contributed by atoms with Gasteiger partial charge < -0.3 is 9.72 Å². The molecule has 0 radical (unpaired) electrons. The highest BCUT2D eigenvalue weighted by Crippen LogP contribution is 2.57. The number of hydrogen-bond acceptors (Lipinski definition) is 2. The summed E-state index contributed by atoms with van der Waals surface area (Å²) in [7, 11) is 0. The van der Waals surface area contributed by atoms with Gasteiger partial charge in [-0.2, -0.15) is 0 Å². The SMILES string of the molecule is CC(=O)O[C@H]1CC[C@H]2c3ccc4[nH]ccc4c3CC[C@]12C. The van der Waals surface area contributed by atoms with E-state index in [2.05, 4.69) is 30.1 Å². The van der Waals surface area contributed by atoms with Crippen molar-refractivity contribution in [2.24, 2.45) is 5.41 Å². The maximum atomic E-state index is 11.4. The number of rotatable bonds is 1. The number of carbonyl (C=O) groups is 1. The molecule has 2 aliphatic carbocycles. The predicted octanol–water partition coefficient (Wildman–Crippen LogP) is 3.93. The van der Waals surface area contributed by atoms with Crippen LogP contribution in [0.25, 0.3) is 10.9 Å². The summed E-state index contributed by atoms with van der Waals surface area (Å²) in [6, 6.07) is 6.67. The summed E-state index contributed by atoms with van der Waals surface area (Å²) < 4.78 is 5.63. The van der Waals surface area contributed by atoms with Crippen LogP contribution in [0.3, 0.4) is 0 Å². The van der Waals surface area contributed by atoms with Gasteiger partial charge in [-0.05, 0) is 54.9 Å². The van der Waals surface area contributed by atoms with Gasteiger partial charge in [-0.3, -0.25) is 4.79 Å². The summed E-state index contributed by atoms with van der Waals surface area (Å²) in [5.41, 5.74) is 4.31. The minimum absolute atomic E-state index is 0.0788. The molecule has 1 N–H and O–H groups in total. The van der Waals surface area contributed by atoms with Crippen molar-refractivity contribution in [1.29, 1.82) is 0 Å². The molecule has 110 valence electrons. The summed E-state index contributed by atoms with van der Waals surface area (Å²) in [6.45, 7) is 3.83. The number of benzene rings is 1. The molecule has 2 aromatic rings. The normalized spacial score (nSPS) is 31.0.